The Hall–Kier alpha value is -1.69. The predicted octanol–water partition coefficient (Wildman–Crippen LogP) is 12.5. The molecule has 0 aromatic rings. The molecule has 0 fully saturated rings. The number of carbonyl (C=O) groups is 2. The van der Waals surface area contributed by atoms with Gasteiger partial charge in [0.05, 0.1) is 19.8 Å². The quantitative estimate of drug-likeness (QED) is 0.0380. The maximum absolute atomic E-state index is 12.9. The third-order valence-electron chi connectivity index (χ3n) is 9.69. The summed E-state index contributed by atoms with van der Waals surface area (Å²) in [6.45, 7) is 7.13. The zero-order valence-corrected chi connectivity index (χ0v) is 33.4. The molecule has 7 nitrogen and oxygen atoms in total. The van der Waals surface area contributed by atoms with Crippen molar-refractivity contribution >= 4 is 12.1 Å². The lowest BCUT2D eigenvalue weighted by atomic mass is 10.0. The first kappa shape index (κ1) is 51.3. The van der Waals surface area contributed by atoms with Crippen molar-refractivity contribution in [3.8, 4) is 0 Å². The average Bonchev–Trinajstić information content (AvgIpc) is 3.11. The molecule has 0 radical (unpaired) electrons. The third-order valence-corrected chi connectivity index (χ3v) is 9.69. The number of nitrogens with zero attached hydrogens (tertiary/aromatic N) is 1. The topological polar surface area (TPSA) is 85.3 Å². The minimum absolute atomic E-state index is 0.0241. The highest BCUT2D eigenvalue weighted by molar-refractivity contribution is 5.69. The summed E-state index contributed by atoms with van der Waals surface area (Å²) < 4.78 is 78.2. The Morgan fingerprint density at radius 2 is 1.00 bits per heavy atom. The molecule has 0 unspecified atom stereocenters. The standard InChI is InChI=1S/C41H76F5NO6/c1-3-5-7-9-12-19-27-37(28-20-13-10-8-6-4-2)53-38(49)29-21-14-11-16-23-31-47(33-34-48)32-24-18-26-36-52-39(50)51-35-25-17-15-22-30-40(42,43)41(44,45)46/h37,48H,3-36H2,1-2H3. The summed E-state index contributed by atoms with van der Waals surface area (Å²) in [7, 11) is 0. The first-order chi connectivity index (χ1) is 25.5. The molecule has 0 aliphatic rings. The molecule has 1 N–H and O–H groups in total. The largest absolute Gasteiger partial charge is 0.508 e. The molecule has 0 aliphatic carbocycles. The molecule has 0 saturated carbocycles. The molecule has 0 saturated heterocycles. The van der Waals surface area contributed by atoms with Gasteiger partial charge in [-0.1, -0.05) is 110 Å². The van der Waals surface area contributed by atoms with Crippen molar-refractivity contribution in [1.29, 1.82) is 0 Å². The smallest absolute Gasteiger partial charge is 0.462 e. The van der Waals surface area contributed by atoms with E-state index in [9.17, 15) is 36.6 Å². The molecule has 0 spiro atoms. The van der Waals surface area contributed by atoms with E-state index in [2.05, 4.69) is 18.7 Å². The minimum atomic E-state index is -5.52. The number of rotatable bonds is 38. The fraction of sp³-hybridized carbons (Fsp3) is 0.951. The van der Waals surface area contributed by atoms with Gasteiger partial charge in [0, 0.05) is 19.4 Å². The number of hydrogen-bond acceptors (Lipinski definition) is 7. The Kier molecular flexibility index (Phi) is 33.7. The molecule has 0 bridgehead atoms. The lowest BCUT2D eigenvalue weighted by Gasteiger charge is -2.21. The highest BCUT2D eigenvalue weighted by Crippen LogP contribution is 2.39. The number of hydrogen-bond donors (Lipinski definition) is 1. The van der Waals surface area contributed by atoms with Crippen LogP contribution in [0.1, 0.15) is 194 Å². The number of halogens is 5. The number of esters is 1. The van der Waals surface area contributed by atoms with Crippen LogP contribution in [0.25, 0.3) is 0 Å². The lowest BCUT2D eigenvalue weighted by molar-refractivity contribution is -0.284. The first-order valence-corrected chi connectivity index (χ1v) is 21.2. The summed E-state index contributed by atoms with van der Waals surface area (Å²) >= 11 is 0. The molecule has 53 heavy (non-hydrogen) atoms. The van der Waals surface area contributed by atoms with Gasteiger partial charge < -0.3 is 24.2 Å². The number of alkyl halides is 5. The van der Waals surface area contributed by atoms with E-state index in [1.165, 1.54) is 64.2 Å². The van der Waals surface area contributed by atoms with Crippen LogP contribution in [0.3, 0.4) is 0 Å². The molecule has 0 atom stereocenters. The molecule has 0 heterocycles. The fourth-order valence-corrected chi connectivity index (χ4v) is 6.33. The van der Waals surface area contributed by atoms with Gasteiger partial charge in [-0.3, -0.25) is 4.79 Å². The summed E-state index contributed by atoms with van der Waals surface area (Å²) in [5.41, 5.74) is 0. The Morgan fingerprint density at radius 1 is 0.566 bits per heavy atom. The van der Waals surface area contributed by atoms with Gasteiger partial charge >= 0.3 is 24.2 Å². The maximum Gasteiger partial charge on any atom is 0.508 e. The van der Waals surface area contributed by atoms with Crippen LogP contribution in [0.5, 0.6) is 0 Å². The van der Waals surface area contributed by atoms with E-state index >= 15 is 0 Å². The van der Waals surface area contributed by atoms with E-state index < -0.39 is 24.7 Å². The minimum Gasteiger partial charge on any atom is -0.462 e. The van der Waals surface area contributed by atoms with Crippen LogP contribution in [-0.4, -0.2) is 79.8 Å². The van der Waals surface area contributed by atoms with Crippen LogP contribution in [-0.2, 0) is 19.0 Å². The van der Waals surface area contributed by atoms with Crippen molar-refractivity contribution < 1.29 is 50.9 Å². The summed E-state index contributed by atoms with van der Waals surface area (Å²) in [6.07, 6.45) is 18.0. The Balaban J connectivity index is 3.99. The van der Waals surface area contributed by atoms with Gasteiger partial charge in [-0.05, 0) is 83.7 Å². The van der Waals surface area contributed by atoms with E-state index in [4.69, 9.17) is 14.2 Å². The molecule has 0 aliphatic heterocycles. The van der Waals surface area contributed by atoms with E-state index in [1.54, 1.807) is 0 Å². The van der Waals surface area contributed by atoms with E-state index in [1.807, 2.05) is 0 Å². The Labute approximate surface area is 318 Å². The van der Waals surface area contributed by atoms with E-state index in [0.29, 0.717) is 32.2 Å². The van der Waals surface area contributed by atoms with Gasteiger partial charge in [-0.15, -0.1) is 0 Å². The summed E-state index contributed by atoms with van der Waals surface area (Å²) in [6, 6.07) is 0. The lowest BCUT2D eigenvalue weighted by Crippen LogP contribution is -2.36. The average molecular weight is 774 g/mol. The molecule has 0 aromatic heterocycles. The van der Waals surface area contributed by atoms with Gasteiger partial charge in [-0.25, -0.2) is 4.79 Å². The van der Waals surface area contributed by atoms with Crippen molar-refractivity contribution in [2.45, 2.75) is 212 Å². The fourth-order valence-electron chi connectivity index (χ4n) is 6.33. The van der Waals surface area contributed by atoms with Crippen LogP contribution >= 0.6 is 0 Å². The summed E-state index contributed by atoms with van der Waals surface area (Å²) in [4.78, 5) is 26.6. The zero-order valence-electron chi connectivity index (χ0n) is 33.4. The van der Waals surface area contributed by atoms with Crippen LogP contribution in [0.2, 0.25) is 0 Å². The van der Waals surface area contributed by atoms with Crippen molar-refractivity contribution in [3.05, 3.63) is 0 Å². The van der Waals surface area contributed by atoms with Crippen molar-refractivity contribution in [3.63, 3.8) is 0 Å². The molecular formula is C41H76F5NO6. The summed E-state index contributed by atoms with van der Waals surface area (Å²) in [5.74, 6) is -4.72. The van der Waals surface area contributed by atoms with E-state index in [0.717, 1.165) is 83.7 Å². The normalized spacial score (nSPS) is 12.2. The number of aliphatic hydroxyl groups excluding tert-OH is 1. The van der Waals surface area contributed by atoms with Gasteiger partial charge in [0.2, 0.25) is 0 Å². The molecule has 0 amide bonds. The number of aliphatic hydroxyl groups is 1. The van der Waals surface area contributed by atoms with Gasteiger partial charge in [-0.2, -0.15) is 22.0 Å². The van der Waals surface area contributed by atoms with Crippen molar-refractivity contribution in [1.82, 2.24) is 4.90 Å². The molecule has 0 aromatic carbocycles. The van der Waals surface area contributed by atoms with Crippen LogP contribution < -0.4 is 0 Å². The van der Waals surface area contributed by atoms with Crippen molar-refractivity contribution in [2.75, 3.05) is 39.5 Å². The number of carbonyl (C=O) groups excluding carboxylic acids is 2. The monoisotopic (exact) mass is 774 g/mol. The van der Waals surface area contributed by atoms with Gasteiger partial charge in [0.15, 0.2) is 0 Å². The van der Waals surface area contributed by atoms with Gasteiger partial charge in [0.25, 0.3) is 0 Å². The van der Waals surface area contributed by atoms with Gasteiger partial charge in [0.1, 0.15) is 6.10 Å². The summed E-state index contributed by atoms with van der Waals surface area (Å²) in [5, 5.41) is 9.47. The Morgan fingerprint density at radius 3 is 1.51 bits per heavy atom. The second-order valence-corrected chi connectivity index (χ2v) is 14.7. The Bertz CT molecular complexity index is 832. The van der Waals surface area contributed by atoms with Crippen LogP contribution in [0.15, 0.2) is 0 Å². The number of ether oxygens (including phenoxy) is 3. The zero-order chi connectivity index (χ0) is 39.5. The third kappa shape index (κ3) is 32.3. The highest BCUT2D eigenvalue weighted by Gasteiger charge is 2.56. The molecule has 316 valence electrons. The first-order valence-electron chi connectivity index (χ1n) is 21.2. The highest BCUT2D eigenvalue weighted by atomic mass is 19.4. The maximum atomic E-state index is 12.9. The molecular weight excluding hydrogens is 697 g/mol. The molecule has 0 rings (SSSR count). The molecule has 12 heteroatoms. The van der Waals surface area contributed by atoms with Crippen molar-refractivity contribution in [2.24, 2.45) is 0 Å². The van der Waals surface area contributed by atoms with Crippen LogP contribution in [0, 0.1) is 0 Å². The van der Waals surface area contributed by atoms with Crippen LogP contribution in [0.4, 0.5) is 26.7 Å². The second-order valence-electron chi connectivity index (χ2n) is 14.7. The predicted molar refractivity (Wildman–Crippen MR) is 202 cm³/mol. The van der Waals surface area contributed by atoms with E-state index in [-0.39, 0.29) is 44.7 Å². The SMILES string of the molecule is CCCCCCCCC(CCCCCCCC)OC(=O)CCCCCCCN(CCO)CCCCCOC(=O)OCCCCCCC(F)(F)C(F)(F)F. The second kappa shape index (κ2) is 34.8. The number of unbranched alkanes of at least 4 members (excludes halogenated alkanes) is 19.